The fourth-order valence-electron chi connectivity index (χ4n) is 10.0. The Bertz CT molecular complexity index is 3480. The molecule has 0 spiro atoms. The number of para-hydroxylation sites is 2. The summed E-state index contributed by atoms with van der Waals surface area (Å²) >= 11 is 0. The summed E-state index contributed by atoms with van der Waals surface area (Å²) in [6.45, 7) is 4.71. The topological polar surface area (TPSA) is 16.4 Å². The molecule has 12 rings (SSSR count). The molecule has 59 heavy (non-hydrogen) atoms. The van der Waals surface area contributed by atoms with Gasteiger partial charge >= 0.3 is 0 Å². The lowest BCUT2D eigenvalue weighted by Crippen LogP contribution is -2.16. The fraction of sp³-hybridized carbons (Fsp3) is 0.0526. The first-order chi connectivity index (χ1) is 29.0. The van der Waals surface area contributed by atoms with Gasteiger partial charge in [0.1, 0.15) is 11.2 Å². The number of nitrogens with zero attached hydrogens (tertiary/aromatic N) is 1. The van der Waals surface area contributed by atoms with E-state index in [0.29, 0.717) is 0 Å². The standard InChI is InChI=1S/C57H39NO/c1-57(2)50-24-9-7-19-48(50)55-51(57)25-13-27-53(55)58(40-31-28-37(29-32-40)42-20-11-21-43-41-17-6-5-14-36(41)30-33-44(42)43)52-26-10-8-18-45(52)46-22-12-23-47-49-34-38-15-3-4-16-39(38)35-54(49)59-56(46)47/h3-35H,1-2H3. The van der Waals surface area contributed by atoms with E-state index >= 15 is 0 Å². The zero-order valence-electron chi connectivity index (χ0n) is 32.9. The molecule has 0 N–H and O–H groups in total. The number of rotatable bonds is 5. The minimum Gasteiger partial charge on any atom is -0.455 e. The van der Waals surface area contributed by atoms with Gasteiger partial charge in [0.25, 0.3) is 0 Å². The molecule has 0 amide bonds. The monoisotopic (exact) mass is 753 g/mol. The first-order valence-electron chi connectivity index (χ1n) is 20.5. The maximum absolute atomic E-state index is 6.85. The van der Waals surface area contributed by atoms with E-state index in [9.17, 15) is 0 Å². The van der Waals surface area contributed by atoms with E-state index in [2.05, 4.69) is 219 Å². The number of benzene rings is 10. The van der Waals surface area contributed by atoms with Crippen molar-refractivity contribution in [2.75, 3.05) is 4.90 Å². The van der Waals surface area contributed by atoms with Gasteiger partial charge in [-0.25, -0.2) is 0 Å². The highest BCUT2D eigenvalue weighted by Gasteiger charge is 2.38. The van der Waals surface area contributed by atoms with E-state index in [-0.39, 0.29) is 5.41 Å². The van der Waals surface area contributed by atoms with Crippen molar-refractivity contribution in [3.63, 3.8) is 0 Å². The molecular formula is C57H39NO. The van der Waals surface area contributed by atoms with Gasteiger partial charge in [0.2, 0.25) is 0 Å². The smallest absolute Gasteiger partial charge is 0.143 e. The number of hydrogen-bond donors (Lipinski definition) is 0. The van der Waals surface area contributed by atoms with Crippen LogP contribution in [0.1, 0.15) is 25.0 Å². The van der Waals surface area contributed by atoms with E-state index in [1.807, 2.05) is 0 Å². The van der Waals surface area contributed by atoms with Crippen LogP contribution in [0.15, 0.2) is 205 Å². The maximum atomic E-state index is 6.85. The SMILES string of the molecule is CC1(C)c2ccccc2-c2c(N(c3ccc(-c4cccc5c4ccc4ccccc45)cc3)c3ccccc3-c3cccc4c3oc3cc5ccccc5cc34)cccc21. The number of hydrogen-bond acceptors (Lipinski definition) is 2. The Kier molecular flexibility index (Phi) is 7.31. The third-order valence-electron chi connectivity index (χ3n) is 12.8. The molecule has 0 aliphatic heterocycles. The molecule has 1 aliphatic carbocycles. The Morgan fingerprint density at radius 3 is 1.85 bits per heavy atom. The molecule has 0 fully saturated rings. The van der Waals surface area contributed by atoms with Gasteiger partial charge in [0.05, 0.1) is 11.4 Å². The highest BCUT2D eigenvalue weighted by Crippen LogP contribution is 2.55. The summed E-state index contributed by atoms with van der Waals surface area (Å²) in [4.78, 5) is 2.47. The first kappa shape index (κ1) is 33.7. The minimum atomic E-state index is -0.140. The first-order valence-corrected chi connectivity index (χ1v) is 20.5. The van der Waals surface area contributed by atoms with Crippen molar-refractivity contribution in [3.8, 4) is 33.4 Å². The molecule has 0 unspecified atom stereocenters. The molecule has 1 heterocycles. The third kappa shape index (κ3) is 5.06. The summed E-state index contributed by atoms with van der Waals surface area (Å²) < 4.78 is 6.85. The summed E-state index contributed by atoms with van der Waals surface area (Å²) in [6, 6.07) is 73.2. The second-order valence-corrected chi connectivity index (χ2v) is 16.4. The van der Waals surface area contributed by atoms with E-state index in [1.54, 1.807) is 0 Å². The van der Waals surface area contributed by atoms with Crippen molar-refractivity contribution < 1.29 is 4.42 Å². The van der Waals surface area contributed by atoms with Crippen molar-refractivity contribution in [2.45, 2.75) is 19.3 Å². The quantitative estimate of drug-likeness (QED) is 0.163. The summed E-state index contributed by atoms with van der Waals surface area (Å²) in [6.07, 6.45) is 0. The lowest BCUT2D eigenvalue weighted by Gasteiger charge is -2.30. The molecule has 0 saturated heterocycles. The molecule has 0 saturated carbocycles. The summed E-state index contributed by atoms with van der Waals surface area (Å²) in [5.74, 6) is 0. The van der Waals surface area contributed by atoms with Gasteiger partial charge in [0, 0.05) is 38.6 Å². The van der Waals surface area contributed by atoms with Gasteiger partial charge in [-0.1, -0.05) is 178 Å². The Labute approximate surface area is 343 Å². The Hall–Kier alpha value is -7.42. The molecule has 10 aromatic carbocycles. The zero-order valence-corrected chi connectivity index (χ0v) is 32.9. The Morgan fingerprint density at radius 1 is 0.390 bits per heavy atom. The predicted octanol–water partition coefficient (Wildman–Crippen LogP) is 16.2. The normalized spacial score (nSPS) is 13.1. The van der Waals surface area contributed by atoms with Crippen molar-refractivity contribution in [1.29, 1.82) is 0 Å². The molecular weight excluding hydrogens is 715 g/mol. The molecule has 1 aromatic heterocycles. The minimum absolute atomic E-state index is 0.140. The van der Waals surface area contributed by atoms with Crippen LogP contribution in [0.5, 0.6) is 0 Å². The highest BCUT2D eigenvalue weighted by atomic mass is 16.3. The van der Waals surface area contributed by atoms with E-state index < -0.39 is 0 Å². The highest BCUT2D eigenvalue weighted by molar-refractivity contribution is 6.15. The van der Waals surface area contributed by atoms with Crippen LogP contribution in [0.3, 0.4) is 0 Å². The summed E-state index contributed by atoms with van der Waals surface area (Å²) in [7, 11) is 0. The van der Waals surface area contributed by atoms with Crippen LogP contribution in [0.2, 0.25) is 0 Å². The van der Waals surface area contributed by atoms with Gasteiger partial charge in [-0.05, 0) is 96.5 Å². The lowest BCUT2D eigenvalue weighted by molar-refractivity contribution is 0.660. The van der Waals surface area contributed by atoms with Crippen LogP contribution in [-0.2, 0) is 5.41 Å². The molecule has 0 bridgehead atoms. The van der Waals surface area contributed by atoms with Crippen molar-refractivity contribution in [2.24, 2.45) is 0 Å². The second kappa shape index (κ2) is 12.8. The fourth-order valence-corrected chi connectivity index (χ4v) is 10.0. The third-order valence-corrected chi connectivity index (χ3v) is 12.8. The van der Waals surface area contributed by atoms with Crippen LogP contribution < -0.4 is 4.90 Å². The van der Waals surface area contributed by atoms with Crippen LogP contribution in [0.4, 0.5) is 17.1 Å². The van der Waals surface area contributed by atoms with E-state index in [0.717, 1.165) is 50.1 Å². The van der Waals surface area contributed by atoms with E-state index in [4.69, 9.17) is 4.42 Å². The average Bonchev–Trinajstić information content (AvgIpc) is 3.77. The van der Waals surface area contributed by atoms with Gasteiger partial charge in [-0.2, -0.15) is 0 Å². The lowest BCUT2D eigenvalue weighted by atomic mass is 9.82. The number of furan rings is 1. The zero-order chi connectivity index (χ0) is 39.2. The van der Waals surface area contributed by atoms with Crippen LogP contribution in [0.25, 0.3) is 87.6 Å². The van der Waals surface area contributed by atoms with Crippen LogP contribution in [0, 0.1) is 0 Å². The largest absolute Gasteiger partial charge is 0.455 e. The number of fused-ring (bicyclic) bond motifs is 10. The van der Waals surface area contributed by atoms with Crippen molar-refractivity contribution in [1.82, 2.24) is 0 Å². The number of anilines is 3. The van der Waals surface area contributed by atoms with Gasteiger partial charge in [-0.3, -0.25) is 0 Å². The summed E-state index contributed by atoms with van der Waals surface area (Å²) in [5, 5.41) is 9.70. The summed E-state index contributed by atoms with van der Waals surface area (Å²) in [5.41, 5.74) is 14.8. The molecule has 11 aromatic rings. The van der Waals surface area contributed by atoms with E-state index in [1.165, 1.54) is 65.7 Å². The Balaban J connectivity index is 1.08. The Morgan fingerprint density at radius 2 is 1.00 bits per heavy atom. The van der Waals surface area contributed by atoms with Gasteiger partial charge < -0.3 is 9.32 Å². The molecule has 0 atom stereocenters. The van der Waals surface area contributed by atoms with Gasteiger partial charge in [0.15, 0.2) is 0 Å². The molecule has 2 heteroatoms. The second-order valence-electron chi connectivity index (χ2n) is 16.4. The molecule has 1 aliphatic rings. The maximum Gasteiger partial charge on any atom is 0.143 e. The molecule has 2 nitrogen and oxygen atoms in total. The van der Waals surface area contributed by atoms with Crippen molar-refractivity contribution >= 4 is 71.3 Å². The van der Waals surface area contributed by atoms with Crippen molar-refractivity contribution in [3.05, 3.63) is 211 Å². The van der Waals surface area contributed by atoms with Gasteiger partial charge in [-0.15, -0.1) is 0 Å². The molecule has 278 valence electrons. The predicted molar refractivity (Wildman–Crippen MR) is 249 cm³/mol. The van der Waals surface area contributed by atoms with Crippen LogP contribution in [-0.4, -0.2) is 0 Å². The average molecular weight is 754 g/mol. The van der Waals surface area contributed by atoms with Crippen LogP contribution >= 0.6 is 0 Å². The molecule has 0 radical (unpaired) electrons.